The Morgan fingerprint density at radius 3 is 2.07 bits per heavy atom. The second kappa shape index (κ2) is 6.57. The normalized spacial score (nSPS) is 31.5. The van der Waals surface area contributed by atoms with Crippen molar-refractivity contribution in [2.45, 2.75) is 44.6 Å². The van der Waals surface area contributed by atoms with Crippen LogP contribution in [-0.4, -0.2) is 35.7 Å². The maximum absolute atomic E-state index is 12.9. The Hall–Kier alpha value is -2.43. The molecule has 1 aromatic rings. The Morgan fingerprint density at radius 2 is 1.50 bits per heavy atom. The van der Waals surface area contributed by atoms with E-state index in [2.05, 4.69) is 12.2 Å². The summed E-state index contributed by atoms with van der Waals surface area (Å²) in [6.45, 7) is 0. The molecule has 5 rings (SSSR count). The zero-order chi connectivity index (χ0) is 19.4. The molecular formula is C23H26N2O3. The summed E-state index contributed by atoms with van der Waals surface area (Å²) in [5, 5.41) is 0. The van der Waals surface area contributed by atoms with Crippen molar-refractivity contribution in [3.8, 4) is 0 Å². The fraction of sp³-hybridized carbons (Fsp3) is 0.522. The van der Waals surface area contributed by atoms with Gasteiger partial charge in [-0.15, -0.1) is 0 Å². The minimum atomic E-state index is -0.193. The van der Waals surface area contributed by atoms with Crippen LogP contribution in [0.2, 0.25) is 0 Å². The van der Waals surface area contributed by atoms with Crippen LogP contribution < -0.4 is 4.90 Å². The van der Waals surface area contributed by atoms with Crippen LogP contribution in [0, 0.1) is 23.7 Å². The molecule has 1 aromatic carbocycles. The van der Waals surface area contributed by atoms with Crippen molar-refractivity contribution in [1.29, 1.82) is 0 Å². The van der Waals surface area contributed by atoms with Crippen molar-refractivity contribution in [3.05, 3.63) is 42.0 Å². The van der Waals surface area contributed by atoms with Gasteiger partial charge in [-0.2, -0.15) is 0 Å². The number of anilines is 1. The van der Waals surface area contributed by atoms with Crippen LogP contribution in [0.5, 0.6) is 0 Å². The predicted molar refractivity (Wildman–Crippen MR) is 106 cm³/mol. The number of benzene rings is 1. The van der Waals surface area contributed by atoms with E-state index in [0.29, 0.717) is 17.3 Å². The van der Waals surface area contributed by atoms with E-state index in [0.717, 1.165) is 19.3 Å². The number of amides is 3. The number of fused-ring (bicyclic) bond motifs is 5. The smallest absolute Gasteiger partial charge is 0.253 e. The monoisotopic (exact) mass is 378 g/mol. The maximum Gasteiger partial charge on any atom is 0.253 e. The van der Waals surface area contributed by atoms with Gasteiger partial charge in [0.15, 0.2) is 0 Å². The highest BCUT2D eigenvalue weighted by Gasteiger charge is 2.59. The van der Waals surface area contributed by atoms with Crippen LogP contribution in [0.3, 0.4) is 0 Å². The molecule has 0 unspecified atom stereocenters. The molecule has 5 heteroatoms. The number of imide groups is 1. The average Bonchev–Trinajstić information content (AvgIpc) is 3.41. The van der Waals surface area contributed by atoms with Gasteiger partial charge in [0.25, 0.3) is 5.91 Å². The number of carbonyl (C=O) groups excluding carboxylic acids is 3. The predicted octanol–water partition coefficient (Wildman–Crippen LogP) is 3.40. The number of hydrogen-bond donors (Lipinski definition) is 0. The third-order valence-corrected chi connectivity index (χ3v) is 7.29. The molecule has 2 saturated carbocycles. The van der Waals surface area contributed by atoms with Gasteiger partial charge in [0, 0.05) is 18.7 Å². The fourth-order valence-corrected chi connectivity index (χ4v) is 5.75. The van der Waals surface area contributed by atoms with E-state index in [1.165, 1.54) is 24.2 Å². The van der Waals surface area contributed by atoms with Gasteiger partial charge in [-0.25, -0.2) is 0 Å². The number of allylic oxidation sites excluding steroid dienone is 2. The number of hydrogen-bond acceptors (Lipinski definition) is 3. The molecule has 5 nitrogen and oxygen atoms in total. The number of carbonyl (C=O) groups is 3. The molecular weight excluding hydrogens is 352 g/mol. The summed E-state index contributed by atoms with van der Waals surface area (Å²) >= 11 is 0. The zero-order valence-corrected chi connectivity index (χ0v) is 16.2. The molecule has 146 valence electrons. The van der Waals surface area contributed by atoms with Crippen molar-refractivity contribution in [1.82, 2.24) is 4.90 Å². The van der Waals surface area contributed by atoms with E-state index in [1.807, 2.05) is 11.9 Å². The minimum absolute atomic E-state index is 0.0108. The van der Waals surface area contributed by atoms with Gasteiger partial charge in [-0.05, 0) is 55.4 Å². The van der Waals surface area contributed by atoms with Crippen molar-refractivity contribution >= 4 is 23.4 Å². The standard InChI is InChI=1S/C23H26N2O3/c1-24(17-5-3-2-4-6-17)21(26)14-9-11-18(12-10-14)25-22(27)19-15-7-8-16(13-15)20(19)23(25)28/h7-12,15-17,19-20H,2-6,13H2,1H3/t15-,16+,19-,20-/m0/s1. The van der Waals surface area contributed by atoms with Gasteiger partial charge in [0.2, 0.25) is 11.8 Å². The zero-order valence-electron chi connectivity index (χ0n) is 16.2. The van der Waals surface area contributed by atoms with Crippen molar-refractivity contribution in [2.24, 2.45) is 23.7 Å². The molecule has 0 radical (unpaired) electrons. The van der Waals surface area contributed by atoms with E-state index in [4.69, 9.17) is 0 Å². The van der Waals surface area contributed by atoms with Crippen LogP contribution >= 0.6 is 0 Å². The lowest BCUT2D eigenvalue weighted by atomic mass is 9.85. The van der Waals surface area contributed by atoms with Gasteiger partial charge in [0.1, 0.15) is 0 Å². The highest BCUT2D eigenvalue weighted by Crippen LogP contribution is 2.53. The van der Waals surface area contributed by atoms with Crippen molar-refractivity contribution in [2.75, 3.05) is 11.9 Å². The van der Waals surface area contributed by atoms with Gasteiger partial charge >= 0.3 is 0 Å². The molecule has 3 fully saturated rings. The lowest BCUT2D eigenvalue weighted by Gasteiger charge is -2.31. The molecule has 4 atom stereocenters. The van der Waals surface area contributed by atoms with Gasteiger partial charge in [-0.3, -0.25) is 19.3 Å². The molecule has 0 spiro atoms. The molecule has 1 heterocycles. The highest BCUT2D eigenvalue weighted by molar-refractivity contribution is 6.22. The largest absolute Gasteiger partial charge is 0.339 e. The summed E-state index contributed by atoms with van der Waals surface area (Å²) in [6, 6.07) is 7.30. The summed E-state index contributed by atoms with van der Waals surface area (Å²) < 4.78 is 0. The lowest BCUT2D eigenvalue weighted by Crippen LogP contribution is -2.38. The lowest BCUT2D eigenvalue weighted by molar-refractivity contribution is -0.123. The van der Waals surface area contributed by atoms with Crippen LogP contribution in [0.25, 0.3) is 0 Å². The molecule has 3 amide bonds. The number of nitrogens with zero attached hydrogens (tertiary/aromatic N) is 2. The van der Waals surface area contributed by atoms with E-state index in [9.17, 15) is 14.4 Å². The third-order valence-electron chi connectivity index (χ3n) is 7.29. The Labute approximate surface area is 165 Å². The fourth-order valence-electron chi connectivity index (χ4n) is 5.75. The van der Waals surface area contributed by atoms with Crippen LogP contribution in [-0.2, 0) is 9.59 Å². The first-order valence-electron chi connectivity index (χ1n) is 10.5. The van der Waals surface area contributed by atoms with Crippen LogP contribution in [0.15, 0.2) is 36.4 Å². The SMILES string of the molecule is CN(C(=O)c1ccc(N2C(=O)[C@@H]3[C@@H](C2=O)[C@H]2C=C[C@@H]3C2)cc1)C1CCCCC1. The Balaban J connectivity index is 1.34. The topological polar surface area (TPSA) is 57.7 Å². The van der Waals surface area contributed by atoms with Crippen LogP contribution in [0.4, 0.5) is 5.69 Å². The summed E-state index contributed by atoms with van der Waals surface area (Å²) in [4.78, 5) is 41.9. The molecule has 4 aliphatic rings. The molecule has 0 aromatic heterocycles. The third kappa shape index (κ3) is 2.55. The minimum Gasteiger partial charge on any atom is -0.339 e. The van der Waals surface area contributed by atoms with E-state index < -0.39 is 0 Å². The second-order valence-corrected chi connectivity index (χ2v) is 8.77. The van der Waals surface area contributed by atoms with Gasteiger partial charge in [0.05, 0.1) is 17.5 Å². The molecule has 1 aliphatic heterocycles. The maximum atomic E-state index is 12.9. The van der Waals surface area contributed by atoms with Crippen LogP contribution in [0.1, 0.15) is 48.9 Å². The highest BCUT2D eigenvalue weighted by atomic mass is 16.2. The second-order valence-electron chi connectivity index (χ2n) is 8.77. The Morgan fingerprint density at radius 1 is 0.929 bits per heavy atom. The van der Waals surface area contributed by atoms with E-state index in [-0.39, 0.29) is 41.4 Å². The van der Waals surface area contributed by atoms with Crippen molar-refractivity contribution in [3.63, 3.8) is 0 Å². The van der Waals surface area contributed by atoms with Gasteiger partial charge in [-0.1, -0.05) is 31.4 Å². The van der Waals surface area contributed by atoms with E-state index >= 15 is 0 Å². The first-order chi connectivity index (χ1) is 13.6. The average molecular weight is 378 g/mol. The molecule has 1 saturated heterocycles. The summed E-state index contributed by atoms with van der Waals surface area (Å²) in [6.07, 6.45) is 10.9. The van der Waals surface area contributed by atoms with Gasteiger partial charge < -0.3 is 4.90 Å². The molecule has 3 aliphatic carbocycles. The van der Waals surface area contributed by atoms with E-state index in [1.54, 1.807) is 24.3 Å². The molecule has 28 heavy (non-hydrogen) atoms. The summed E-state index contributed by atoms with van der Waals surface area (Å²) in [7, 11) is 1.88. The first-order valence-corrected chi connectivity index (χ1v) is 10.5. The number of rotatable bonds is 3. The molecule has 2 bridgehead atoms. The Bertz CT molecular complexity index is 823. The van der Waals surface area contributed by atoms with Crippen molar-refractivity contribution < 1.29 is 14.4 Å². The molecule has 0 N–H and O–H groups in total. The Kier molecular flexibility index (Phi) is 4.14. The summed E-state index contributed by atoms with van der Waals surface area (Å²) in [5.74, 6) is -0.113. The first kappa shape index (κ1) is 17.7. The quantitative estimate of drug-likeness (QED) is 0.598. The summed E-state index contributed by atoms with van der Waals surface area (Å²) in [5.41, 5.74) is 1.19.